The van der Waals surface area contributed by atoms with E-state index in [1.54, 1.807) is 0 Å². The molecule has 1 aliphatic carbocycles. The SMILES string of the molecule is CCN(CCNC(=O)c1cc(F)ccc1N)C1CC1. The number of carbonyl (C=O) groups is 1. The molecule has 0 atom stereocenters. The van der Waals surface area contributed by atoms with Crippen LogP contribution in [0.2, 0.25) is 0 Å². The summed E-state index contributed by atoms with van der Waals surface area (Å²) in [5, 5.41) is 2.79. The molecule has 1 saturated carbocycles. The number of halogens is 1. The van der Waals surface area contributed by atoms with Crippen molar-refractivity contribution in [2.45, 2.75) is 25.8 Å². The Bertz CT molecular complexity index is 460. The third-order valence-corrected chi connectivity index (χ3v) is 3.41. The largest absolute Gasteiger partial charge is 0.398 e. The van der Waals surface area contributed by atoms with Gasteiger partial charge in [-0.05, 0) is 37.6 Å². The van der Waals surface area contributed by atoms with Gasteiger partial charge in [-0.2, -0.15) is 0 Å². The Kier molecular flexibility index (Phi) is 4.37. The zero-order valence-electron chi connectivity index (χ0n) is 11.2. The van der Waals surface area contributed by atoms with E-state index >= 15 is 0 Å². The molecule has 1 fully saturated rings. The fourth-order valence-corrected chi connectivity index (χ4v) is 2.17. The summed E-state index contributed by atoms with van der Waals surface area (Å²) < 4.78 is 13.1. The molecule has 0 bridgehead atoms. The molecule has 0 spiro atoms. The van der Waals surface area contributed by atoms with Gasteiger partial charge in [0.1, 0.15) is 5.82 Å². The molecule has 104 valence electrons. The summed E-state index contributed by atoms with van der Waals surface area (Å²) in [4.78, 5) is 14.2. The second-order valence-corrected chi connectivity index (χ2v) is 4.85. The number of hydrogen-bond acceptors (Lipinski definition) is 3. The Morgan fingerprint density at radius 1 is 1.53 bits per heavy atom. The van der Waals surface area contributed by atoms with Crippen LogP contribution in [0, 0.1) is 5.82 Å². The van der Waals surface area contributed by atoms with E-state index in [1.807, 2.05) is 0 Å². The van der Waals surface area contributed by atoms with Crippen LogP contribution in [0.4, 0.5) is 10.1 Å². The Morgan fingerprint density at radius 2 is 2.26 bits per heavy atom. The fraction of sp³-hybridized carbons (Fsp3) is 0.500. The summed E-state index contributed by atoms with van der Waals surface area (Å²) in [6, 6.07) is 4.51. The summed E-state index contributed by atoms with van der Waals surface area (Å²) in [5.74, 6) is -0.767. The van der Waals surface area contributed by atoms with Crippen LogP contribution in [0.15, 0.2) is 18.2 Å². The van der Waals surface area contributed by atoms with E-state index < -0.39 is 5.82 Å². The monoisotopic (exact) mass is 265 g/mol. The van der Waals surface area contributed by atoms with Crippen LogP contribution < -0.4 is 11.1 Å². The molecule has 0 aromatic heterocycles. The van der Waals surface area contributed by atoms with Crippen molar-refractivity contribution < 1.29 is 9.18 Å². The number of carbonyl (C=O) groups excluding carboxylic acids is 1. The maximum absolute atomic E-state index is 13.1. The van der Waals surface area contributed by atoms with E-state index in [9.17, 15) is 9.18 Å². The van der Waals surface area contributed by atoms with Crippen LogP contribution in [0.5, 0.6) is 0 Å². The Labute approximate surface area is 112 Å². The Hall–Kier alpha value is -1.62. The first-order valence-electron chi connectivity index (χ1n) is 6.69. The third-order valence-electron chi connectivity index (χ3n) is 3.41. The first-order valence-corrected chi connectivity index (χ1v) is 6.69. The molecule has 19 heavy (non-hydrogen) atoms. The summed E-state index contributed by atoms with van der Waals surface area (Å²) in [5.41, 5.74) is 6.17. The number of benzene rings is 1. The molecule has 1 aromatic carbocycles. The van der Waals surface area contributed by atoms with Gasteiger partial charge in [-0.15, -0.1) is 0 Å². The number of anilines is 1. The second-order valence-electron chi connectivity index (χ2n) is 4.85. The fourth-order valence-electron chi connectivity index (χ4n) is 2.17. The molecule has 1 aromatic rings. The first-order chi connectivity index (χ1) is 9.11. The number of hydrogen-bond donors (Lipinski definition) is 2. The highest BCUT2D eigenvalue weighted by atomic mass is 19.1. The molecule has 1 amide bonds. The number of nitrogens with one attached hydrogen (secondary N) is 1. The number of rotatable bonds is 6. The minimum Gasteiger partial charge on any atom is -0.398 e. The zero-order valence-corrected chi connectivity index (χ0v) is 11.2. The van der Waals surface area contributed by atoms with Crippen LogP contribution >= 0.6 is 0 Å². The molecular formula is C14H20FN3O. The van der Waals surface area contributed by atoms with Gasteiger partial charge in [0, 0.05) is 24.8 Å². The van der Waals surface area contributed by atoms with Gasteiger partial charge in [-0.25, -0.2) is 4.39 Å². The number of nitrogen functional groups attached to an aromatic ring is 1. The number of nitrogens with zero attached hydrogens (tertiary/aromatic N) is 1. The van der Waals surface area contributed by atoms with E-state index in [0.717, 1.165) is 13.1 Å². The molecule has 0 heterocycles. The van der Waals surface area contributed by atoms with Crippen LogP contribution in [-0.2, 0) is 0 Å². The van der Waals surface area contributed by atoms with Gasteiger partial charge < -0.3 is 11.1 Å². The van der Waals surface area contributed by atoms with Crippen molar-refractivity contribution in [1.29, 1.82) is 0 Å². The van der Waals surface area contributed by atoms with E-state index in [1.165, 1.54) is 31.0 Å². The van der Waals surface area contributed by atoms with Gasteiger partial charge in [0.25, 0.3) is 5.91 Å². The highest BCUT2D eigenvalue weighted by Gasteiger charge is 2.27. The van der Waals surface area contributed by atoms with E-state index in [0.29, 0.717) is 18.3 Å². The van der Waals surface area contributed by atoms with E-state index in [-0.39, 0.29) is 11.5 Å². The highest BCUT2D eigenvalue weighted by molar-refractivity contribution is 5.99. The Morgan fingerprint density at radius 3 is 2.89 bits per heavy atom. The van der Waals surface area contributed by atoms with Gasteiger partial charge in [-0.3, -0.25) is 9.69 Å². The third kappa shape index (κ3) is 3.67. The lowest BCUT2D eigenvalue weighted by Gasteiger charge is -2.19. The number of nitrogens with two attached hydrogens (primary N) is 1. The van der Waals surface area contributed by atoms with Crippen LogP contribution in [0.25, 0.3) is 0 Å². The quantitative estimate of drug-likeness (QED) is 0.768. The topological polar surface area (TPSA) is 58.4 Å². The minimum absolute atomic E-state index is 0.203. The number of likely N-dealkylation sites (N-methyl/N-ethyl adjacent to an activating group) is 1. The average Bonchev–Trinajstić information content (AvgIpc) is 3.21. The van der Waals surface area contributed by atoms with Crippen LogP contribution in [0.3, 0.4) is 0 Å². The van der Waals surface area contributed by atoms with Crippen molar-refractivity contribution in [3.63, 3.8) is 0 Å². The minimum atomic E-state index is -0.451. The lowest BCUT2D eigenvalue weighted by molar-refractivity contribution is 0.0948. The molecule has 3 N–H and O–H groups in total. The molecule has 0 saturated heterocycles. The Balaban J connectivity index is 1.85. The molecule has 0 radical (unpaired) electrons. The molecule has 0 aliphatic heterocycles. The highest BCUT2D eigenvalue weighted by Crippen LogP contribution is 2.25. The van der Waals surface area contributed by atoms with E-state index in [4.69, 9.17) is 5.73 Å². The lowest BCUT2D eigenvalue weighted by atomic mass is 10.1. The average molecular weight is 265 g/mol. The van der Waals surface area contributed by atoms with Crippen LogP contribution in [-0.4, -0.2) is 36.5 Å². The second kappa shape index (κ2) is 6.02. The van der Waals surface area contributed by atoms with Gasteiger partial charge in [0.05, 0.1) is 5.56 Å². The van der Waals surface area contributed by atoms with Crippen molar-refractivity contribution in [2.24, 2.45) is 0 Å². The van der Waals surface area contributed by atoms with Crippen molar-refractivity contribution >= 4 is 11.6 Å². The molecular weight excluding hydrogens is 245 g/mol. The lowest BCUT2D eigenvalue weighted by Crippen LogP contribution is -2.36. The summed E-state index contributed by atoms with van der Waals surface area (Å²) in [6.07, 6.45) is 2.50. The molecule has 5 heteroatoms. The van der Waals surface area contributed by atoms with Crippen molar-refractivity contribution in [3.8, 4) is 0 Å². The summed E-state index contributed by atoms with van der Waals surface area (Å²) in [6.45, 7) is 4.48. The smallest absolute Gasteiger partial charge is 0.253 e. The number of amides is 1. The molecule has 1 aliphatic rings. The van der Waals surface area contributed by atoms with Crippen molar-refractivity contribution in [2.75, 3.05) is 25.4 Å². The maximum Gasteiger partial charge on any atom is 0.253 e. The van der Waals surface area contributed by atoms with Crippen molar-refractivity contribution in [1.82, 2.24) is 10.2 Å². The normalized spacial score (nSPS) is 14.7. The predicted octanol–water partition coefficient (Wildman–Crippen LogP) is 1.62. The molecule has 4 nitrogen and oxygen atoms in total. The first kappa shape index (κ1) is 13.8. The molecule has 0 unspecified atom stereocenters. The standard InChI is InChI=1S/C14H20FN3O/c1-2-18(11-4-5-11)8-7-17-14(19)12-9-10(15)3-6-13(12)16/h3,6,9,11H,2,4-5,7-8,16H2,1H3,(H,17,19). The van der Waals surface area contributed by atoms with Gasteiger partial charge in [0.15, 0.2) is 0 Å². The summed E-state index contributed by atoms with van der Waals surface area (Å²) in [7, 11) is 0. The van der Waals surface area contributed by atoms with Gasteiger partial charge >= 0.3 is 0 Å². The zero-order chi connectivity index (χ0) is 13.8. The maximum atomic E-state index is 13.1. The van der Waals surface area contributed by atoms with Gasteiger partial charge in [0.2, 0.25) is 0 Å². The van der Waals surface area contributed by atoms with Crippen LogP contribution in [0.1, 0.15) is 30.1 Å². The predicted molar refractivity (Wildman–Crippen MR) is 73.4 cm³/mol. The summed E-state index contributed by atoms with van der Waals surface area (Å²) >= 11 is 0. The van der Waals surface area contributed by atoms with Crippen molar-refractivity contribution in [3.05, 3.63) is 29.6 Å². The molecule has 2 rings (SSSR count). The van der Waals surface area contributed by atoms with E-state index in [2.05, 4.69) is 17.1 Å². The van der Waals surface area contributed by atoms with Gasteiger partial charge in [-0.1, -0.05) is 6.92 Å².